The van der Waals surface area contributed by atoms with Crippen LogP contribution in [0.1, 0.15) is 39.2 Å². The monoisotopic (exact) mass is 293 g/mol. The number of benzene rings is 1. The maximum absolute atomic E-state index is 12.6. The molecule has 1 aromatic carbocycles. The Morgan fingerprint density at radius 2 is 1.86 bits per heavy atom. The highest BCUT2D eigenvalue weighted by atomic mass is 16.5. The van der Waals surface area contributed by atoms with Crippen molar-refractivity contribution in [1.29, 1.82) is 0 Å². The van der Waals surface area contributed by atoms with Crippen LogP contribution in [0.5, 0.6) is 0 Å². The van der Waals surface area contributed by atoms with Crippen LogP contribution in [0.2, 0.25) is 0 Å². The Balaban J connectivity index is 3.09. The quantitative estimate of drug-likeness (QED) is 0.532. The van der Waals surface area contributed by atoms with E-state index in [-0.39, 0.29) is 12.6 Å². The highest BCUT2D eigenvalue weighted by Gasteiger charge is 2.41. The minimum Gasteiger partial charge on any atom is -0.464 e. The van der Waals surface area contributed by atoms with Gasteiger partial charge in [0.15, 0.2) is 5.54 Å². The van der Waals surface area contributed by atoms with E-state index in [1.165, 1.54) is 0 Å². The molecule has 0 amide bonds. The molecule has 118 valence electrons. The van der Waals surface area contributed by atoms with Gasteiger partial charge < -0.3 is 9.47 Å². The van der Waals surface area contributed by atoms with Gasteiger partial charge in [0.2, 0.25) is 0 Å². The van der Waals surface area contributed by atoms with Crippen molar-refractivity contribution in [2.75, 3.05) is 26.4 Å². The first-order valence-electron chi connectivity index (χ1n) is 7.76. The molecule has 0 radical (unpaired) electrons. The van der Waals surface area contributed by atoms with E-state index in [2.05, 4.69) is 12.2 Å². The van der Waals surface area contributed by atoms with Crippen LogP contribution in [0.25, 0.3) is 0 Å². The molecular formula is C17H27NO3. The minimum absolute atomic E-state index is 0.277. The van der Waals surface area contributed by atoms with E-state index in [1.807, 2.05) is 44.2 Å². The molecule has 0 aliphatic heterocycles. The van der Waals surface area contributed by atoms with E-state index in [9.17, 15) is 4.79 Å². The van der Waals surface area contributed by atoms with E-state index in [0.29, 0.717) is 13.2 Å². The molecule has 21 heavy (non-hydrogen) atoms. The molecule has 0 aromatic heterocycles. The third-order valence-electron chi connectivity index (χ3n) is 3.23. The number of carbonyl (C=O) groups is 1. The average Bonchev–Trinajstić information content (AvgIpc) is 2.52. The molecule has 4 heteroatoms. The zero-order chi connectivity index (χ0) is 15.6. The highest BCUT2D eigenvalue weighted by molar-refractivity contribution is 5.83. The third kappa shape index (κ3) is 4.83. The Hall–Kier alpha value is -1.39. The first-order chi connectivity index (χ1) is 10.2. The van der Waals surface area contributed by atoms with Crippen LogP contribution in [-0.4, -0.2) is 32.3 Å². The molecule has 0 aliphatic carbocycles. The Morgan fingerprint density at radius 1 is 1.14 bits per heavy atom. The van der Waals surface area contributed by atoms with Crippen LogP contribution in [0.4, 0.5) is 0 Å². The SMILES string of the molecule is CCCNC(COCCC)(C(=O)OCC)c1ccccc1. The fraction of sp³-hybridized carbons (Fsp3) is 0.588. The van der Waals surface area contributed by atoms with Crippen LogP contribution < -0.4 is 5.32 Å². The standard InChI is InChI=1S/C17H27NO3/c1-4-12-18-17(14-20-13-5-2,16(19)21-6-3)15-10-8-7-9-11-15/h7-11,18H,4-6,12-14H2,1-3H3. The molecule has 1 unspecified atom stereocenters. The fourth-order valence-corrected chi connectivity index (χ4v) is 2.17. The van der Waals surface area contributed by atoms with Crippen LogP contribution in [0.3, 0.4) is 0 Å². The van der Waals surface area contributed by atoms with Crippen molar-refractivity contribution in [2.24, 2.45) is 0 Å². The largest absolute Gasteiger partial charge is 0.464 e. The predicted octanol–water partition coefficient (Wildman–Crippen LogP) is 2.87. The number of esters is 1. The van der Waals surface area contributed by atoms with Crippen molar-refractivity contribution in [3.05, 3.63) is 35.9 Å². The summed E-state index contributed by atoms with van der Waals surface area (Å²) in [6.07, 6.45) is 1.85. The second-order valence-electron chi connectivity index (χ2n) is 4.97. The van der Waals surface area contributed by atoms with Crippen molar-refractivity contribution in [3.8, 4) is 0 Å². The molecule has 1 aromatic rings. The summed E-state index contributed by atoms with van der Waals surface area (Å²) in [5.74, 6) is -0.277. The van der Waals surface area contributed by atoms with Gasteiger partial charge in [-0.05, 0) is 31.9 Å². The van der Waals surface area contributed by atoms with Crippen molar-refractivity contribution in [3.63, 3.8) is 0 Å². The van der Waals surface area contributed by atoms with Gasteiger partial charge in [0, 0.05) is 6.61 Å². The topological polar surface area (TPSA) is 47.6 Å². The summed E-state index contributed by atoms with van der Waals surface area (Å²) in [4.78, 5) is 12.6. The first-order valence-corrected chi connectivity index (χ1v) is 7.76. The molecule has 0 saturated carbocycles. The van der Waals surface area contributed by atoms with Gasteiger partial charge in [0.25, 0.3) is 0 Å². The van der Waals surface area contributed by atoms with Crippen LogP contribution >= 0.6 is 0 Å². The Morgan fingerprint density at radius 3 is 2.43 bits per heavy atom. The molecule has 4 nitrogen and oxygen atoms in total. The number of hydrogen-bond acceptors (Lipinski definition) is 4. The Bertz CT molecular complexity index is 408. The molecule has 0 heterocycles. The van der Waals surface area contributed by atoms with Gasteiger partial charge >= 0.3 is 5.97 Å². The van der Waals surface area contributed by atoms with E-state index < -0.39 is 5.54 Å². The second-order valence-corrected chi connectivity index (χ2v) is 4.97. The average molecular weight is 293 g/mol. The molecule has 0 bridgehead atoms. The van der Waals surface area contributed by atoms with Crippen molar-refractivity contribution < 1.29 is 14.3 Å². The Kier molecular flexibility index (Phi) is 8.01. The summed E-state index contributed by atoms with van der Waals surface area (Å²) in [5, 5.41) is 3.34. The number of carbonyl (C=O) groups excluding carboxylic acids is 1. The summed E-state index contributed by atoms with van der Waals surface area (Å²) in [6, 6.07) is 9.67. The van der Waals surface area contributed by atoms with Crippen molar-refractivity contribution >= 4 is 5.97 Å². The Labute approximate surface area is 127 Å². The number of hydrogen-bond donors (Lipinski definition) is 1. The molecule has 0 aliphatic rings. The zero-order valence-electron chi connectivity index (χ0n) is 13.4. The van der Waals surface area contributed by atoms with Crippen LogP contribution in [-0.2, 0) is 19.8 Å². The van der Waals surface area contributed by atoms with Gasteiger partial charge in [0.05, 0.1) is 13.2 Å². The molecule has 1 N–H and O–H groups in total. The third-order valence-corrected chi connectivity index (χ3v) is 3.23. The van der Waals surface area contributed by atoms with Gasteiger partial charge in [-0.3, -0.25) is 5.32 Å². The molecule has 1 rings (SSSR count). The summed E-state index contributed by atoms with van der Waals surface area (Å²) in [5.41, 5.74) is -0.0457. The smallest absolute Gasteiger partial charge is 0.333 e. The van der Waals surface area contributed by atoms with Gasteiger partial charge in [0.1, 0.15) is 0 Å². The van der Waals surface area contributed by atoms with Gasteiger partial charge in [-0.2, -0.15) is 0 Å². The highest BCUT2D eigenvalue weighted by Crippen LogP contribution is 2.24. The summed E-state index contributed by atoms with van der Waals surface area (Å²) >= 11 is 0. The fourth-order valence-electron chi connectivity index (χ4n) is 2.17. The molecule has 1 atom stereocenters. The maximum Gasteiger partial charge on any atom is 0.333 e. The lowest BCUT2D eigenvalue weighted by molar-refractivity contribution is -0.155. The predicted molar refractivity (Wildman–Crippen MR) is 84.2 cm³/mol. The van der Waals surface area contributed by atoms with Gasteiger partial charge in [-0.25, -0.2) is 4.79 Å². The molecule has 0 fully saturated rings. The van der Waals surface area contributed by atoms with E-state index in [4.69, 9.17) is 9.47 Å². The summed E-state index contributed by atoms with van der Waals surface area (Å²) in [7, 11) is 0. The minimum atomic E-state index is -0.928. The van der Waals surface area contributed by atoms with Crippen LogP contribution in [0, 0.1) is 0 Å². The maximum atomic E-state index is 12.6. The van der Waals surface area contributed by atoms with E-state index in [1.54, 1.807) is 0 Å². The van der Waals surface area contributed by atoms with E-state index in [0.717, 1.165) is 24.9 Å². The number of rotatable bonds is 10. The van der Waals surface area contributed by atoms with Gasteiger partial charge in [-0.15, -0.1) is 0 Å². The lowest BCUT2D eigenvalue weighted by Gasteiger charge is -2.32. The first kappa shape index (κ1) is 17.7. The molecule has 0 saturated heterocycles. The molecule has 0 spiro atoms. The van der Waals surface area contributed by atoms with Crippen LogP contribution in [0.15, 0.2) is 30.3 Å². The number of ether oxygens (including phenoxy) is 2. The summed E-state index contributed by atoms with van der Waals surface area (Å²) in [6.45, 7) is 7.93. The normalized spacial score (nSPS) is 13.7. The molecular weight excluding hydrogens is 266 g/mol. The number of nitrogens with one attached hydrogen (secondary N) is 1. The zero-order valence-corrected chi connectivity index (χ0v) is 13.4. The summed E-state index contributed by atoms with van der Waals surface area (Å²) < 4.78 is 11.0. The van der Waals surface area contributed by atoms with Crippen molar-refractivity contribution in [1.82, 2.24) is 5.32 Å². The van der Waals surface area contributed by atoms with Crippen molar-refractivity contribution in [2.45, 2.75) is 39.2 Å². The van der Waals surface area contributed by atoms with Gasteiger partial charge in [-0.1, -0.05) is 44.2 Å². The lowest BCUT2D eigenvalue weighted by atomic mass is 9.90. The lowest BCUT2D eigenvalue weighted by Crippen LogP contribution is -2.54. The van der Waals surface area contributed by atoms with E-state index >= 15 is 0 Å². The second kappa shape index (κ2) is 9.53.